The zero-order valence-corrected chi connectivity index (χ0v) is 15.4. The molecule has 0 heterocycles. The van der Waals surface area contributed by atoms with Crippen LogP contribution in [-0.2, 0) is 16.2 Å². The Morgan fingerprint density at radius 1 is 1.16 bits per heavy atom. The van der Waals surface area contributed by atoms with Crippen LogP contribution in [0.1, 0.15) is 11.1 Å². The minimum absolute atomic E-state index is 0.222. The van der Waals surface area contributed by atoms with Crippen LogP contribution in [0.5, 0.6) is 0 Å². The highest BCUT2D eigenvalue weighted by atomic mass is 127. The van der Waals surface area contributed by atoms with E-state index < -0.39 is 38.1 Å². The molecular weight excluding hydrogens is 476 g/mol. The molecule has 25 heavy (non-hydrogen) atoms. The molecule has 2 aromatic carbocycles. The Bertz CT molecular complexity index is 928. The molecule has 0 atom stereocenters. The molecule has 6 nitrogen and oxygen atoms in total. The number of non-ortho nitro benzene ring substituents is 1. The number of nitro groups is 1. The topological polar surface area (TPSA) is 89.3 Å². The van der Waals surface area contributed by atoms with Crippen LogP contribution in [0.2, 0.25) is 0 Å². The Morgan fingerprint density at radius 3 is 2.20 bits per heavy atom. The van der Waals surface area contributed by atoms with Gasteiger partial charge in [0.1, 0.15) is 0 Å². The summed E-state index contributed by atoms with van der Waals surface area (Å²) in [6.07, 6.45) is -4.98. The Kier molecular flexibility index (Phi) is 5.27. The first-order valence-corrected chi connectivity index (χ1v) is 9.12. The molecule has 0 aliphatic heterocycles. The molecule has 0 saturated carbocycles. The summed E-state index contributed by atoms with van der Waals surface area (Å²) in [5.74, 6) is 0. The number of rotatable bonds is 4. The lowest BCUT2D eigenvalue weighted by Gasteiger charge is -2.16. The van der Waals surface area contributed by atoms with Gasteiger partial charge in [-0.05, 0) is 41.6 Å². The van der Waals surface area contributed by atoms with Gasteiger partial charge in [-0.25, -0.2) is 8.42 Å². The van der Waals surface area contributed by atoms with E-state index in [0.29, 0.717) is 6.07 Å². The molecule has 0 amide bonds. The number of hydrogen-bond acceptors (Lipinski definition) is 4. The fraction of sp³-hybridized carbons (Fsp3) is 0.143. The Hall–Kier alpha value is -1.89. The Morgan fingerprint density at radius 2 is 1.72 bits per heavy atom. The lowest BCUT2D eigenvalue weighted by Crippen LogP contribution is -2.18. The lowest BCUT2D eigenvalue weighted by atomic mass is 10.1. The minimum atomic E-state index is -4.98. The predicted molar refractivity (Wildman–Crippen MR) is 92.8 cm³/mol. The van der Waals surface area contributed by atoms with Gasteiger partial charge in [0.15, 0.2) is 0 Å². The first kappa shape index (κ1) is 19.4. The van der Waals surface area contributed by atoms with E-state index in [-0.39, 0.29) is 8.47 Å². The normalized spacial score (nSPS) is 12.0. The molecule has 11 heteroatoms. The Labute approximate surface area is 154 Å². The maximum Gasteiger partial charge on any atom is 0.418 e. The average Bonchev–Trinajstić information content (AvgIpc) is 2.48. The van der Waals surface area contributed by atoms with Gasteiger partial charge in [0.2, 0.25) is 0 Å². The molecule has 0 bridgehead atoms. The highest BCUT2D eigenvalue weighted by molar-refractivity contribution is 14.1. The maximum absolute atomic E-state index is 13.2. The third-order valence-corrected chi connectivity index (χ3v) is 5.38. The molecule has 0 aliphatic rings. The van der Waals surface area contributed by atoms with Crippen molar-refractivity contribution in [3.63, 3.8) is 0 Å². The number of nitro benzene ring substituents is 1. The first-order chi connectivity index (χ1) is 11.4. The second-order valence-corrected chi connectivity index (χ2v) is 7.87. The average molecular weight is 486 g/mol. The van der Waals surface area contributed by atoms with Gasteiger partial charge in [-0.2, -0.15) is 13.2 Å². The quantitative estimate of drug-likeness (QED) is 0.396. The number of nitrogens with zero attached hydrogens (tertiary/aromatic N) is 1. The number of hydrogen-bond donors (Lipinski definition) is 1. The summed E-state index contributed by atoms with van der Waals surface area (Å²) in [5, 5.41) is 10.8. The summed E-state index contributed by atoms with van der Waals surface area (Å²) in [6, 6.07) is 6.67. The number of sulfonamides is 1. The van der Waals surface area contributed by atoms with E-state index in [2.05, 4.69) is 0 Å². The summed E-state index contributed by atoms with van der Waals surface area (Å²) < 4.78 is 66.1. The zero-order chi connectivity index (χ0) is 19.0. The van der Waals surface area contributed by atoms with Gasteiger partial charge in [0.25, 0.3) is 15.7 Å². The van der Waals surface area contributed by atoms with Crippen molar-refractivity contribution in [2.24, 2.45) is 0 Å². The van der Waals surface area contributed by atoms with Gasteiger partial charge in [-0.15, -0.1) is 0 Å². The monoisotopic (exact) mass is 486 g/mol. The second kappa shape index (κ2) is 6.78. The molecule has 0 aromatic heterocycles. The van der Waals surface area contributed by atoms with Crippen LogP contribution in [0.25, 0.3) is 0 Å². The van der Waals surface area contributed by atoms with E-state index in [1.54, 1.807) is 6.92 Å². The third kappa shape index (κ3) is 4.39. The van der Waals surface area contributed by atoms with Crippen LogP contribution in [0.3, 0.4) is 0 Å². The zero-order valence-electron chi connectivity index (χ0n) is 12.5. The minimum Gasteiger partial charge on any atom is -0.278 e. The van der Waals surface area contributed by atoms with Crippen molar-refractivity contribution in [2.75, 3.05) is 4.72 Å². The fourth-order valence-corrected chi connectivity index (χ4v) is 3.96. The third-order valence-electron chi connectivity index (χ3n) is 3.16. The van der Waals surface area contributed by atoms with E-state index >= 15 is 0 Å². The van der Waals surface area contributed by atoms with Crippen molar-refractivity contribution in [1.29, 1.82) is 0 Å². The van der Waals surface area contributed by atoms with Crippen LogP contribution in [-0.4, -0.2) is 13.3 Å². The van der Waals surface area contributed by atoms with Gasteiger partial charge in [-0.1, -0.05) is 17.7 Å². The van der Waals surface area contributed by atoms with E-state index in [4.69, 9.17) is 0 Å². The lowest BCUT2D eigenvalue weighted by molar-refractivity contribution is -0.385. The standard InChI is InChI=1S/C14H10F3IN2O4S/c1-8-2-4-10(5-3-8)25(23,24)19-13-11(14(15,16)17)6-9(20(21)22)7-12(13)18/h2-7,19H,1H3. The van der Waals surface area contributed by atoms with Gasteiger partial charge >= 0.3 is 6.18 Å². The summed E-state index contributed by atoms with van der Waals surface area (Å²) in [7, 11) is -4.29. The maximum atomic E-state index is 13.2. The molecule has 0 fully saturated rings. The number of anilines is 1. The number of nitrogens with one attached hydrogen (secondary N) is 1. The highest BCUT2D eigenvalue weighted by Gasteiger charge is 2.37. The molecule has 134 valence electrons. The van der Waals surface area contributed by atoms with Crippen LogP contribution in [0.4, 0.5) is 24.5 Å². The molecule has 1 N–H and O–H groups in total. The largest absolute Gasteiger partial charge is 0.418 e. The molecular formula is C14H10F3IN2O4S. The molecule has 0 spiro atoms. The van der Waals surface area contributed by atoms with Gasteiger partial charge in [0, 0.05) is 15.7 Å². The van der Waals surface area contributed by atoms with Crippen molar-refractivity contribution < 1.29 is 26.5 Å². The summed E-state index contributed by atoms with van der Waals surface area (Å²) in [6.45, 7) is 1.73. The Balaban J connectivity index is 2.58. The van der Waals surface area contributed by atoms with Gasteiger partial charge in [0.05, 0.1) is 21.1 Å². The summed E-state index contributed by atoms with van der Waals surface area (Å²) in [4.78, 5) is 9.58. The van der Waals surface area contributed by atoms with E-state index in [1.807, 2.05) is 4.72 Å². The smallest absolute Gasteiger partial charge is 0.278 e. The van der Waals surface area contributed by atoms with Crippen LogP contribution >= 0.6 is 22.6 Å². The van der Waals surface area contributed by atoms with Crippen LogP contribution in [0, 0.1) is 20.6 Å². The van der Waals surface area contributed by atoms with Crippen molar-refractivity contribution in [2.45, 2.75) is 18.0 Å². The van der Waals surface area contributed by atoms with Gasteiger partial charge < -0.3 is 0 Å². The molecule has 0 saturated heterocycles. The number of halogens is 4. The van der Waals surface area contributed by atoms with Crippen molar-refractivity contribution in [3.05, 3.63) is 61.2 Å². The summed E-state index contributed by atoms with van der Waals surface area (Å²) in [5.41, 5.74) is -2.18. The molecule has 0 radical (unpaired) electrons. The second-order valence-electron chi connectivity index (χ2n) is 5.02. The van der Waals surface area contributed by atoms with E-state index in [0.717, 1.165) is 11.6 Å². The molecule has 2 rings (SSSR count). The van der Waals surface area contributed by atoms with E-state index in [9.17, 15) is 31.7 Å². The van der Waals surface area contributed by atoms with Crippen LogP contribution < -0.4 is 4.72 Å². The highest BCUT2D eigenvalue weighted by Crippen LogP contribution is 2.40. The predicted octanol–water partition coefficient (Wildman–Crippen LogP) is 4.33. The van der Waals surface area contributed by atoms with Crippen molar-refractivity contribution in [1.82, 2.24) is 0 Å². The molecule has 0 unspecified atom stereocenters. The fourth-order valence-electron chi connectivity index (χ4n) is 1.94. The van der Waals surface area contributed by atoms with Crippen molar-refractivity contribution in [3.8, 4) is 0 Å². The first-order valence-electron chi connectivity index (χ1n) is 6.56. The van der Waals surface area contributed by atoms with Gasteiger partial charge in [-0.3, -0.25) is 14.8 Å². The SMILES string of the molecule is Cc1ccc(S(=O)(=O)Nc2c(I)cc([N+](=O)[O-])cc2C(F)(F)F)cc1. The van der Waals surface area contributed by atoms with Crippen molar-refractivity contribution >= 4 is 44.0 Å². The number of aryl methyl sites for hydroxylation is 1. The number of benzene rings is 2. The van der Waals surface area contributed by atoms with E-state index in [1.165, 1.54) is 46.9 Å². The summed E-state index contributed by atoms with van der Waals surface area (Å²) >= 11 is 1.42. The van der Waals surface area contributed by atoms with Crippen LogP contribution in [0.15, 0.2) is 41.3 Å². The molecule has 0 aliphatic carbocycles. The number of alkyl halides is 3. The molecule has 2 aromatic rings.